The average Bonchev–Trinajstić information content (AvgIpc) is 3.11. The fourth-order valence-corrected chi connectivity index (χ4v) is 4.23. The molecule has 0 radical (unpaired) electrons. The van der Waals surface area contributed by atoms with Crippen LogP contribution in [-0.4, -0.2) is 42.6 Å². The third kappa shape index (κ3) is 6.46. The van der Waals surface area contributed by atoms with Crippen molar-refractivity contribution in [2.45, 2.75) is 50.4 Å². The molecule has 0 spiro atoms. The number of carbonyl (C=O) groups is 1. The lowest BCUT2D eigenvalue weighted by Gasteiger charge is -2.43. The number of hydrogen-bond donors (Lipinski definition) is 2. The second-order valence-corrected chi connectivity index (χ2v) is 7.38. The van der Waals surface area contributed by atoms with Crippen molar-refractivity contribution in [3.05, 3.63) is 29.3 Å². The third-order valence-corrected chi connectivity index (χ3v) is 5.55. The first-order valence-electron chi connectivity index (χ1n) is 9.36. The van der Waals surface area contributed by atoms with E-state index >= 15 is 0 Å². The molecule has 29 heavy (non-hydrogen) atoms. The summed E-state index contributed by atoms with van der Waals surface area (Å²) in [5.41, 5.74) is 4.98. The molecule has 1 heterocycles. The number of carbonyl (C=O) groups excluding carboxylic acids is 1. The predicted molar refractivity (Wildman–Crippen MR) is 111 cm³/mol. The summed E-state index contributed by atoms with van der Waals surface area (Å²) in [6, 6.07) is 3.48. The number of alkyl halides is 3. The van der Waals surface area contributed by atoms with Gasteiger partial charge in [0.2, 0.25) is 5.91 Å². The quantitative estimate of drug-likeness (QED) is 0.701. The fraction of sp³-hybridized carbons (Fsp3) is 0.632. The minimum absolute atomic E-state index is 0. The van der Waals surface area contributed by atoms with Crippen molar-refractivity contribution in [3.8, 4) is 0 Å². The van der Waals surface area contributed by atoms with E-state index in [-0.39, 0.29) is 54.9 Å². The van der Waals surface area contributed by atoms with Crippen molar-refractivity contribution < 1.29 is 22.7 Å². The predicted octanol–water partition coefficient (Wildman–Crippen LogP) is 3.98. The van der Waals surface area contributed by atoms with Crippen molar-refractivity contribution in [3.63, 3.8) is 0 Å². The number of amides is 1. The first-order chi connectivity index (χ1) is 12.8. The SMILES string of the molecule is Cl.Cl.NCc1cc(NC(=O)CC2(N3CCOCC3)CCCC2)cc(C(F)(F)F)c1. The Morgan fingerprint density at radius 1 is 1.14 bits per heavy atom. The van der Waals surface area contributed by atoms with Crippen molar-refractivity contribution in [1.29, 1.82) is 0 Å². The highest BCUT2D eigenvalue weighted by Gasteiger charge is 2.41. The summed E-state index contributed by atoms with van der Waals surface area (Å²) in [6.45, 7) is 2.85. The van der Waals surface area contributed by atoms with Crippen LogP contribution in [0.25, 0.3) is 0 Å². The van der Waals surface area contributed by atoms with Crippen LogP contribution in [0.15, 0.2) is 18.2 Å². The van der Waals surface area contributed by atoms with Crippen molar-refractivity contribution in [2.24, 2.45) is 5.73 Å². The van der Waals surface area contributed by atoms with Gasteiger partial charge >= 0.3 is 6.18 Å². The summed E-state index contributed by atoms with van der Waals surface area (Å²) in [5, 5.41) is 2.67. The molecule has 1 saturated heterocycles. The monoisotopic (exact) mass is 457 g/mol. The number of morpholine rings is 1. The van der Waals surface area contributed by atoms with Gasteiger partial charge in [-0.05, 0) is 36.6 Å². The number of nitrogens with zero attached hydrogens (tertiary/aromatic N) is 1. The van der Waals surface area contributed by atoms with Gasteiger partial charge in [0.25, 0.3) is 0 Å². The van der Waals surface area contributed by atoms with Crippen LogP contribution in [0.2, 0.25) is 0 Å². The normalized spacial score (nSPS) is 19.2. The second-order valence-electron chi connectivity index (χ2n) is 7.38. The van der Waals surface area contributed by atoms with E-state index in [4.69, 9.17) is 10.5 Å². The van der Waals surface area contributed by atoms with Gasteiger partial charge in [0.1, 0.15) is 0 Å². The fourth-order valence-electron chi connectivity index (χ4n) is 4.23. The maximum Gasteiger partial charge on any atom is 0.416 e. The van der Waals surface area contributed by atoms with Gasteiger partial charge in [0.05, 0.1) is 18.8 Å². The zero-order valence-corrected chi connectivity index (χ0v) is 17.7. The molecular formula is C19H28Cl2F3N3O2. The summed E-state index contributed by atoms with van der Waals surface area (Å²) < 4.78 is 44.7. The van der Waals surface area contributed by atoms with Crippen LogP contribution in [0.3, 0.4) is 0 Å². The number of benzene rings is 1. The molecule has 1 aliphatic heterocycles. The highest BCUT2D eigenvalue weighted by Crippen LogP contribution is 2.39. The summed E-state index contributed by atoms with van der Waals surface area (Å²) in [7, 11) is 0. The molecule has 2 aliphatic rings. The van der Waals surface area contributed by atoms with Crippen LogP contribution >= 0.6 is 24.8 Å². The first-order valence-corrected chi connectivity index (χ1v) is 9.36. The molecular weight excluding hydrogens is 430 g/mol. The number of nitrogens with one attached hydrogen (secondary N) is 1. The molecule has 3 rings (SSSR count). The maximum absolute atomic E-state index is 13.1. The average molecular weight is 458 g/mol. The van der Waals surface area contributed by atoms with Gasteiger partial charge in [-0.3, -0.25) is 9.69 Å². The van der Waals surface area contributed by atoms with Gasteiger partial charge in [-0.1, -0.05) is 12.8 Å². The lowest BCUT2D eigenvalue weighted by molar-refractivity contribution is -0.137. The van der Waals surface area contributed by atoms with E-state index in [1.165, 1.54) is 6.07 Å². The Kier molecular flexibility index (Phi) is 9.69. The Bertz CT molecular complexity index is 677. The molecule has 1 aromatic carbocycles. The Labute approximate surface area is 181 Å². The van der Waals surface area contributed by atoms with Gasteiger partial charge in [0, 0.05) is 37.3 Å². The molecule has 0 unspecified atom stereocenters. The van der Waals surface area contributed by atoms with E-state index in [0.717, 1.165) is 50.9 Å². The van der Waals surface area contributed by atoms with Crippen LogP contribution in [0.5, 0.6) is 0 Å². The Hall–Kier alpha value is -1.06. The lowest BCUT2D eigenvalue weighted by atomic mass is 9.90. The zero-order chi connectivity index (χ0) is 19.5. The minimum Gasteiger partial charge on any atom is -0.379 e. The lowest BCUT2D eigenvalue weighted by Crippen LogP contribution is -2.53. The summed E-state index contributed by atoms with van der Waals surface area (Å²) in [5.74, 6) is -0.259. The van der Waals surface area contributed by atoms with Crippen LogP contribution in [0.1, 0.15) is 43.2 Å². The minimum atomic E-state index is -4.48. The van der Waals surface area contributed by atoms with Gasteiger partial charge in [-0.15, -0.1) is 24.8 Å². The van der Waals surface area contributed by atoms with Crippen molar-refractivity contribution >= 4 is 36.4 Å². The molecule has 166 valence electrons. The van der Waals surface area contributed by atoms with Crippen LogP contribution in [0, 0.1) is 0 Å². The van der Waals surface area contributed by atoms with Crippen LogP contribution < -0.4 is 11.1 Å². The highest BCUT2D eigenvalue weighted by molar-refractivity contribution is 5.91. The Balaban J connectivity index is 0.00000210. The van der Waals surface area contributed by atoms with E-state index in [1.807, 2.05) is 0 Å². The number of anilines is 1. The molecule has 3 N–H and O–H groups in total. The topological polar surface area (TPSA) is 67.6 Å². The molecule has 1 aromatic rings. The summed E-state index contributed by atoms with van der Waals surface area (Å²) >= 11 is 0. The Morgan fingerprint density at radius 3 is 2.31 bits per heavy atom. The number of halogens is 5. The molecule has 5 nitrogen and oxygen atoms in total. The third-order valence-electron chi connectivity index (χ3n) is 5.55. The van der Waals surface area contributed by atoms with Crippen LogP contribution in [-0.2, 0) is 22.3 Å². The largest absolute Gasteiger partial charge is 0.416 e. The van der Waals surface area contributed by atoms with E-state index in [1.54, 1.807) is 0 Å². The van der Waals surface area contributed by atoms with Gasteiger partial charge < -0.3 is 15.8 Å². The Morgan fingerprint density at radius 2 is 1.76 bits per heavy atom. The van der Waals surface area contributed by atoms with Gasteiger partial charge in [-0.25, -0.2) is 0 Å². The molecule has 2 fully saturated rings. The summed E-state index contributed by atoms with van der Waals surface area (Å²) in [6.07, 6.45) is -0.225. The molecule has 1 saturated carbocycles. The van der Waals surface area contributed by atoms with Crippen LogP contribution in [0.4, 0.5) is 18.9 Å². The van der Waals surface area contributed by atoms with E-state index < -0.39 is 11.7 Å². The molecule has 1 aliphatic carbocycles. The number of ether oxygens (including phenoxy) is 1. The molecule has 0 aromatic heterocycles. The first kappa shape index (κ1) is 26.0. The molecule has 0 atom stereocenters. The number of hydrogen-bond acceptors (Lipinski definition) is 4. The number of nitrogens with two attached hydrogens (primary N) is 1. The van der Waals surface area contributed by atoms with Gasteiger partial charge in [-0.2, -0.15) is 13.2 Å². The molecule has 10 heteroatoms. The second kappa shape index (κ2) is 10.8. The smallest absolute Gasteiger partial charge is 0.379 e. The highest BCUT2D eigenvalue weighted by atomic mass is 35.5. The maximum atomic E-state index is 13.1. The number of rotatable bonds is 5. The van der Waals surface area contributed by atoms with Crippen molar-refractivity contribution in [2.75, 3.05) is 31.6 Å². The van der Waals surface area contributed by atoms with Crippen molar-refractivity contribution in [1.82, 2.24) is 4.90 Å². The standard InChI is InChI=1S/C19H26F3N3O2.2ClH/c20-19(21,22)15-9-14(13-23)10-16(11-15)24-17(26)12-18(3-1-2-4-18)25-5-7-27-8-6-25;;/h9-11H,1-8,12-13,23H2,(H,24,26);2*1H. The zero-order valence-electron chi connectivity index (χ0n) is 16.1. The van der Waals surface area contributed by atoms with Gasteiger partial charge in [0.15, 0.2) is 0 Å². The van der Waals surface area contributed by atoms with E-state index in [9.17, 15) is 18.0 Å². The molecule has 1 amide bonds. The molecule has 0 bridgehead atoms. The summed E-state index contributed by atoms with van der Waals surface area (Å²) in [4.78, 5) is 15.0. The van der Waals surface area contributed by atoms with E-state index in [2.05, 4.69) is 10.2 Å². The van der Waals surface area contributed by atoms with E-state index in [0.29, 0.717) is 18.8 Å².